The molecule has 2 rings (SSSR count). The van der Waals surface area contributed by atoms with Crippen LogP contribution in [0.3, 0.4) is 0 Å². The number of rotatable bonds is 3. The predicted molar refractivity (Wildman–Crippen MR) is 64.6 cm³/mol. The Labute approximate surface area is 106 Å². The first-order valence-corrected chi connectivity index (χ1v) is 5.57. The second-order valence-corrected chi connectivity index (χ2v) is 4.09. The normalized spacial score (nSPS) is 10.9. The van der Waals surface area contributed by atoms with Crippen LogP contribution in [0.5, 0.6) is 0 Å². The molecule has 0 saturated carbocycles. The lowest BCUT2D eigenvalue weighted by Gasteiger charge is -1.99. The summed E-state index contributed by atoms with van der Waals surface area (Å²) in [7, 11) is 0. The third-order valence-electron chi connectivity index (χ3n) is 2.43. The first-order chi connectivity index (χ1) is 8.54. The maximum atomic E-state index is 13.5. The highest BCUT2D eigenvalue weighted by Gasteiger charge is 2.16. The average Bonchev–Trinajstić information content (AvgIpc) is 2.77. The molecule has 7 heteroatoms. The number of hydrogen-bond donors (Lipinski definition) is 3. The number of halogens is 3. The zero-order chi connectivity index (χ0) is 13.3. The summed E-state index contributed by atoms with van der Waals surface area (Å²) in [4.78, 5) is 14.1. The molecule has 4 N–H and O–H groups in total. The SMILES string of the molecule is NCCNC(=O)c1cc2cc(Cl)c(F)c(F)c2[nH]1. The van der Waals surface area contributed by atoms with E-state index in [-0.39, 0.29) is 16.2 Å². The first-order valence-electron chi connectivity index (χ1n) is 5.19. The van der Waals surface area contributed by atoms with Crippen LogP contribution < -0.4 is 11.1 Å². The van der Waals surface area contributed by atoms with Crippen molar-refractivity contribution in [2.75, 3.05) is 13.1 Å². The first kappa shape index (κ1) is 12.8. The summed E-state index contributed by atoms with van der Waals surface area (Å²) in [6.45, 7) is 0.590. The van der Waals surface area contributed by atoms with E-state index in [1.165, 1.54) is 12.1 Å². The zero-order valence-corrected chi connectivity index (χ0v) is 9.94. The molecule has 18 heavy (non-hydrogen) atoms. The number of H-pyrrole nitrogens is 1. The Bertz CT molecular complexity index is 612. The highest BCUT2D eigenvalue weighted by molar-refractivity contribution is 6.31. The summed E-state index contributed by atoms with van der Waals surface area (Å²) in [6, 6.07) is 2.65. The van der Waals surface area contributed by atoms with Crippen LogP contribution in [0.4, 0.5) is 8.78 Å². The summed E-state index contributed by atoms with van der Waals surface area (Å²) in [5.74, 6) is -2.68. The molecule has 0 fully saturated rings. The molecule has 0 spiro atoms. The van der Waals surface area contributed by atoms with E-state index in [1.54, 1.807) is 0 Å². The Kier molecular flexibility index (Phi) is 3.49. The molecule has 0 atom stereocenters. The number of carbonyl (C=O) groups excluding carboxylic acids is 1. The van der Waals surface area contributed by atoms with Gasteiger partial charge >= 0.3 is 0 Å². The Balaban J connectivity index is 2.44. The van der Waals surface area contributed by atoms with E-state index in [2.05, 4.69) is 10.3 Å². The number of nitrogens with two attached hydrogens (primary N) is 1. The average molecular weight is 274 g/mol. The van der Waals surface area contributed by atoms with Crippen LogP contribution in [0.2, 0.25) is 5.02 Å². The molecule has 0 aliphatic rings. The number of aromatic amines is 1. The molecule has 0 saturated heterocycles. The summed E-state index contributed by atoms with van der Waals surface area (Å²) in [5.41, 5.74) is 5.28. The molecule has 96 valence electrons. The Morgan fingerprint density at radius 1 is 1.39 bits per heavy atom. The quantitative estimate of drug-likeness (QED) is 0.746. The molecule has 1 aromatic carbocycles. The third-order valence-corrected chi connectivity index (χ3v) is 2.70. The van der Waals surface area contributed by atoms with Crippen LogP contribution in [-0.4, -0.2) is 24.0 Å². The Hall–Kier alpha value is -1.66. The van der Waals surface area contributed by atoms with Crippen molar-refractivity contribution in [1.29, 1.82) is 0 Å². The van der Waals surface area contributed by atoms with Gasteiger partial charge in [-0.2, -0.15) is 0 Å². The van der Waals surface area contributed by atoms with E-state index in [4.69, 9.17) is 17.3 Å². The van der Waals surface area contributed by atoms with Crippen molar-refractivity contribution in [1.82, 2.24) is 10.3 Å². The van der Waals surface area contributed by atoms with Gasteiger partial charge in [0, 0.05) is 18.5 Å². The van der Waals surface area contributed by atoms with Crippen LogP contribution in [0, 0.1) is 11.6 Å². The maximum absolute atomic E-state index is 13.5. The molecular weight excluding hydrogens is 264 g/mol. The van der Waals surface area contributed by atoms with Gasteiger partial charge in [0.25, 0.3) is 5.91 Å². The van der Waals surface area contributed by atoms with E-state index < -0.39 is 17.5 Å². The fourth-order valence-electron chi connectivity index (χ4n) is 1.58. The molecule has 0 radical (unpaired) electrons. The minimum Gasteiger partial charge on any atom is -0.350 e. The van der Waals surface area contributed by atoms with Crippen LogP contribution in [0.1, 0.15) is 10.5 Å². The summed E-state index contributed by atoms with van der Waals surface area (Å²) >= 11 is 5.52. The van der Waals surface area contributed by atoms with E-state index in [1.807, 2.05) is 0 Å². The number of nitrogens with one attached hydrogen (secondary N) is 2. The number of benzene rings is 1. The van der Waals surface area contributed by atoms with Crippen LogP contribution >= 0.6 is 11.6 Å². The van der Waals surface area contributed by atoms with Gasteiger partial charge in [0.15, 0.2) is 11.6 Å². The minimum absolute atomic E-state index is 0.0881. The van der Waals surface area contributed by atoms with Gasteiger partial charge in [-0.25, -0.2) is 8.78 Å². The lowest BCUT2D eigenvalue weighted by molar-refractivity contribution is 0.0950. The highest BCUT2D eigenvalue weighted by Crippen LogP contribution is 2.27. The van der Waals surface area contributed by atoms with Crippen molar-refractivity contribution < 1.29 is 13.6 Å². The summed E-state index contributed by atoms with van der Waals surface area (Å²) in [5, 5.41) is 2.52. The number of fused-ring (bicyclic) bond motifs is 1. The second kappa shape index (κ2) is 4.91. The van der Waals surface area contributed by atoms with E-state index in [0.717, 1.165) is 0 Å². The van der Waals surface area contributed by atoms with Crippen molar-refractivity contribution in [3.05, 3.63) is 34.5 Å². The van der Waals surface area contributed by atoms with Gasteiger partial charge in [-0.05, 0) is 12.1 Å². The van der Waals surface area contributed by atoms with Gasteiger partial charge < -0.3 is 16.0 Å². The van der Waals surface area contributed by atoms with Crippen LogP contribution in [-0.2, 0) is 0 Å². The van der Waals surface area contributed by atoms with Crippen molar-refractivity contribution in [3.8, 4) is 0 Å². The lowest BCUT2D eigenvalue weighted by atomic mass is 10.2. The monoisotopic (exact) mass is 273 g/mol. The second-order valence-electron chi connectivity index (χ2n) is 3.68. The van der Waals surface area contributed by atoms with Gasteiger partial charge in [-0.3, -0.25) is 4.79 Å². The van der Waals surface area contributed by atoms with Gasteiger partial charge in [-0.15, -0.1) is 0 Å². The predicted octanol–water partition coefficient (Wildman–Crippen LogP) is 1.79. The van der Waals surface area contributed by atoms with Crippen molar-refractivity contribution >= 4 is 28.4 Å². The van der Waals surface area contributed by atoms with Gasteiger partial charge in [-0.1, -0.05) is 11.6 Å². The van der Waals surface area contributed by atoms with E-state index >= 15 is 0 Å². The smallest absolute Gasteiger partial charge is 0.267 e. The largest absolute Gasteiger partial charge is 0.350 e. The van der Waals surface area contributed by atoms with Crippen LogP contribution in [0.25, 0.3) is 10.9 Å². The highest BCUT2D eigenvalue weighted by atomic mass is 35.5. The maximum Gasteiger partial charge on any atom is 0.267 e. The van der Waals surface area contributed by atoms with E-state index in [9.17, 15) is 13.6 Å². The van der Waals surface area contributed by atoms with E-state index in [0.29, 0.717) is 18.5 Å². The van der Waals surface area contributed by atoms with Gasteiger partial charge in [0.05, 0.1) is 10.5 Å². The Morgan fingerprint density at radius 2 is 2.11 bits per heavy atom. The van der Waals surface area contributed by atoms with Gasteiger partial charge in [0.1, 0.15) is 5.69 Å². The molecule has 1 heterocycles. The topological polar surface area (TPSA) is 70.9 Å². The molecule has 0 unspecified atom stereocenters. The fraction of sp³-hybridized carbons (Fsp3) is 0.182. The summed E-state index contributed by atoms with van der Waals surface area (Å²) < 4.78 is 26.8. The third kappa shape index (κ3) is 2.16. The van der Waals surface area contributed by atoms with Crippen molar-refractivity contribution in [2.24, 2.45) is 5.73 Å². The standard InChI is InChI=1S/C11H10ClF2N3O/c12-6-3-5-4-7(11(18)16-2-1-15)17-10(5)9(14)8(6)13/h3-4,17H,1-2,15H2,(H,16,18). The fourth-order valence-corrected chi connectivity index (χ4v) is 1.78. The molecule has 1 aromatic heterocycles. The lowest BCUT2D eigenvalue weighted by Crippen LogP contribution is -2.29. The molecule has 0 aliphatic heterocycles. The molecule has 4 nitrogen and oxygen atoms in total. The Morgan fingerprint density at radius 3 is 2.78 bits per heavy atom. The number of amides is 1. The van der Waals surface area contributed by atoms with Crippen LogP contribution in [0.15, 0.2) is 12.1 Å². The van der Waals surface area contributed by atoms with Crippen molar-refractivity contribution in [2.45, 2.75) is 0 Å². The number of aromatic nitrogens is 1. The summed E-state index contributed by atoms with van der Waals surface area (Å²) in [6.07, 6.45) is 0. The molecule has 0 aliphatic carbocycles. The van der Waals surface area contributed by atoms with Gasteiger partial charge in [0.2, 0.25) is 0 Å². The number of hydrogen-bond acceptors (Lipinski definition) is 2. The molecular formula is C11H10ClF2N3O. The molecule has 0 bridgehead atoms. The number of carbonyl (C=O) groups is 1. The molecule has 1 amide bonds. The minimum atomic E-state index is -1.14. The molecule has 2 aromatic rings. The zero-order valence-electron chi connectivity index (χ0n) is 9.19. The van der Waals surface area contributed by atoms with Crippen molar-refractivity contribution in [3.63, 3.8) is 0 Å².